The normalized spacial score (nSPS) is 20.3. The van der Waals surface area contributed by atoms with Crippen LogP contribution < -0.4 is 15.5 Å². The van der Waals surface area contributed by atoms with Gasteiger partial charge in [-0.05, 0) is 43.6 Å². The maximum atomic E-state index is 12.5. The van der Waals surface area contributed by atoms with E-state index >= 15 is 0 Å². The monoisotopic (exact) mass is 379 g/mol. The minimum atomic E-state index is -0.0872. The standard InChI is InChI=1S/C22H29N5O/c28-22(24-11-15-26-13-4-5-14-26)19-9-6-10-21(25-19)27-16-12-23-20(17-27)18-7-2-1-3-8-18/h1-3,6-10,20,23H,4-5,11-17H2,(H,24,28). The molecule has 2 aromatic rings. The Morgan fingerprint density at radius 1 is 1.07 bits per heavy atom. The minimum absolute atomic E-state index is 0.0872. The highest BCUT2D eigenvalue weighted by molar-refractivity contribution is 5.92. The van der Waals surface area contributed by atoms with Crippen LogP contribution in [0.15, 0.2) is 48.5 Å². The third-order valence-corrected chi connectivity index (χ3v) is 5.58. The first-order chi connectivity index (χ1) is 13.8. The highest BCUT2D eigenvalue weighted by atomic mass is 16.1. The lowest BCUT2D eigenvalue weighted by Crippen LogP contribution is -2.46. The van der Waals surface area contributed by atoms with Crippen LogP contribution in [0.3, 0.4) is 0 Å². The summed E-state index contributed by atoms with van der Waals surface area (Å²) in [4.78, 5) is 21.8. The van der Waals surface area contributed by atoms with Crippen molar-refractivity contribution in [3.8, 4) is 0 Å². The number of rotatable bonds is 6. The molecule has 6 heteroatoms. The van der Waals surface area contributed by atoms with Gasteiger partial charge < -0.3 is 20.4 Å². The molecular formula is C22H29N5O. The first-order valence-electron chi connectivity index (χ1n) is 10.3. The largest absolute Gasteiger partial charge is 0.353 e. The first kappa shape index (κ1) is 18.9. The molecule has 0 saturated carbocycles. The summed E-state index contributed by atoms with van der Waals surface area (Å²) in [6.07, 6.45) is 2.54. The van der Waals surface area contributed by atoms with E-state index in [0.29, 0.717) is 12.2 Å². The molecular weight excluding hydrogens is 350 g/mol. The summed E-state index contributed by atoms with van der Waals surface area (Å²) in [6, 6.07) is 16.5. The van der Waals surface area contributed by atoms with Crippen molar-refractivity contribution in [1.29, 1.82) is 0 Å². The Labute approximate surface area is 166 Å². The molecule has 6 nitrogen and oxygen atoms in total. The molecule has 1 amide bonds. The van der Waals surface area contributed by atoms with Crippen molar-refractivity contribution in [2.75, 3.05) is 50.7 Å². The molecule has 2 aliphatic rings. The summed E-state index contributed by atoms with van der Waals surface area (Å²) in [5.41, 5.74) is 1.77. The predicted molar refractivity (Wildman–Crippen MR) is 112 cm³/mol. The number of benzene rings is 1. The number of nitrogens with zero attached hydrogens (tertiary/aromatic N) is 3. The average Bonchev–Trinajstić information content (AvgIpc) is 3.28. The van der Waals surface area contributed by atoms with Gasteiger partial charge in [0, 0.05) is 38.8 Å². The second-order valence-electron chi connectivity index (χ2n) is 7.55. The molecule has 0 aliphatic carbocycles. The van der Waals surface area contributed by atoms with Crippen LogP contribution in [0.4, 0.5) is 5.82 Å². The maximum Gasteiger partial charge on any atom is 0.270 e. The SMILES string of the molecule is O=C(NCCN1CCCC1)c1cccc(N2CCNC(c3ccccc3)C2)n1. The number of pyridine rings is 1. The Balaban J connectivity index is 1.36. The van der Waals surface area contributed by atoms with Crippen molar-refractivity contribution in [2.45, 2.75) is 18.9 Å². The summed E-state index contributed by atoms with van der Waals surface area (Å²) in [6.45, 7) is 6.52. The fraction of sp³-hybridized carbons (Fsp3) is 0.455. The summed E-state index contributed by atoms with van der Waals surface area (Å²) >= 11 is 0. The van der Waals surface area contributed by atoms with Crippen LogP contribution in [0.1, 0.15) is 34.9 Å². The van der Waals surface area contributed by atoms with Crippen LogP contribution in [0.25, 0.3) is 0 Å². The second kappa shape index (κ2) is 9.17. The summed E-state index contributed by atoms with van der Waals surface area (Å²) in [7, 11) is 0. The number of piperazine rings is 1. The number of hydrogen-bond donors (Lipinski definition) is 2. The smallest absolute Gasteiger partial charge is 0.270 e. The van der Waals surface area contributed by atoms with E-state index in [0.717, 1.165) is 45.1 Å². The van der Waals surface area contributed by atoms with E-state index in [4.69, 9.17) is 0 Å². The molecule has 4 rings (SSSR count). The number of hydrogen-bond acceptors (Lipinski definition) is 5. The van der Waals surface area contributed by atoms with Crippen LogP contribution in [-0.2, 0) is 0 Å². The zero-order valence-corrected chi connectivity index (χ0v) is 16.3. The van der Waals surface area contributed by atoms with Gasteiger partial charge in [0.15, 0.2) is 0 Å². The Morgan fingerprint density at radius 2 is 1.89 bits per heavy atom. The number of anilines is 1. The maximum absolute atomic E-state index is 12.5. The van der Waals surface area contributed by atoms with Crippen molar-refractivity contribution in [3.05, 3.63) is 59.8 Å². The van der Waals surface area contributed by atoms with E-state index in [-0.39, 0.29) is 11.9 Å². The highest BCUT2D eigenvalue weighted by Gasteiger charge is 2.22. The van der Waals surface area contributed by atoms with E-state index in [2.05, 4.69) is 49.7 Å². The Bertz CT molecular complexity index is 776. The van der Waals surface area contributed by atoms with Gasteiger partial charge in [0.05, 0.1) is 0 Å². The molecule has 1 aromatic carbocycles. The topological polar surface area (TPSA) is 60.5 Å². The van der Waals surface area contributed by atoms with E-state index in [1.54, 1.807) is 6.07 Å². The van der Waals surface area contributed by atoms with E-state index in [1.807, 2.05) is 18.2 Å². The summed E-state index contributed by atoms with van der Waals surface area (Å²) in [5.74, 6) is 0.783. The molecule has 28 heavy (non-hydrogen) atoms. The molecule has 0 spiro atoms. The van der Waals surface area contributed by atoms with Gasteiger partial charge in [0.25, 0.3) is 5.91 Å². The lowest BCUT2D eigenvalue weighted by molar-refractivity contribution is 0.0945. The zero-order chi connectivity index (χ0) is 19.2. The van der Waals surface area contributed by atoms with Gasteiger partial charge in [-0.2, -0.15) is 0 Å². The summed E-state index contributed by atoms with van der Waals surface area (Å²) < 4.78 is 0. The van der Waals surface area contributed by atoms with E-state index in [9.17, 15) is 4.79 Å². The molecule has 2 N–H and O–H groups in total. The Kier molecular flexibility index (Phi) is 6.19. The molecule has 1 atom stereocenters. The van der Waals surface area contributed by atoms with E-state index < -0.39 is 0 Å². The van der Waals surface area contributed by atoms with Crippen LogP contribution in [0.2, 0.25) is 0 Å². The number of aromatic nitrogens is 1. The van der Waals surface area contributed by atoms with Crippen molar-refractivity contribution >= 4 is 11.7 Å². The zero-order valence-electron chi connectivity index (χ0n) is 16.3. The lowest BCUT2D eigenvalue weighted by atomic mass is 10.0. The predicted octanol–water partition coefficient (Wildman–Crippen LogP) is 2.06. The Hall–Kier alpha value is -2.44. The quantitative estimate of drug-likeness (QED) is 0.805. The second-order valence-corrected chi connectivity index (χ2v) is 7.55. The fourth-order valence-electron chi connectivity index (χ4n) is 4.02. The van der Waals surface area contributed by atoms with Gasteiger partial charge in [0.2, 0.25) is 0 Å². The molecule has 1 aromatic heterocycles. The molecule has 2 saturated heterocycles. The molecule has 2 aliphatic heterocycles. The number of likely N-dealkylation sites (tertiary alicyclic amines) is 1. The molecule has 0 bridgehead atoms. The number of nitrogens with one attached hydrogen (secondary N) is 2. The van der Waals surface area contributed by atoms with Gasteiger partial charge in [-0.1, -0.05) is 36.4 Å². The minimum Gasteiger partial charge on any atom is -0.353 e. The van der Waals surface area contributed by atoms with Gasteiger partial charge in [-0.25, -0.2) is 4.98 Å². The first-order valence-corrected chi connectivity index (χ1v) is 10.3. The number of carbonyl (C=O) groups is 1. The third kappa shape index (κ3) is 4.69. The lowest BCUT2D eigenvalue weighted by Gasteiger charge is -2.35. The van der Waals surface area contributed by atoms with E-state index in [1.165, 1.54) is 18.4 Å². The van der Waals surface area contributed by atoms with Gasteiger partial charge >= 0.3 is 0 Å². The number of carbonyl (C=O) groups excluding carboxylic acids is 1. The van der Waals surface area contributed by atoms with Gasteiger partial charge in [-0.3, -0.25) is 4.79 Å². The van der Waals surface area contributed by atoms with Crippen LogP contribution in [0.5, 0.6) is 0 Å². The Morgan fingerprint density at radius 3 is 2.71 bits per heavy atom. The third-order valence-electron chi connectivity index (χ3n) is 5.58. The van der Waals surface area contributed by atoms with Gasteiger partial charge in [0.1, 0.15) is 11.5 Å². The molecule has 148 valence electrons. The molecule has 1 unspecified atom stereocenters. The fourth-order valence-corrected chi connectivity index (χ4v) is 4.02. The summed E-state index contributed by atoms with van der Waals surface area (Å²) in [5, 5.41) is 6.59. The van der Waals surface area contributed by atoms with Crippen LogP contribution in [-0.4, -0.2) is 61.6 Å². The molecule has 3 heterocycles. The van der Waals surface area contributed by atoms with Crippen molar-refractivity contribution in [3.63, 3.8) is 0 Å². The molecule has 2 fully saturated rings. The van der Waals surface area contributed by atoms with Gasteiger partial charge in [-0.15, -0.1) is 0 Å². The highest BCUT2D eigenvalue weighted by Crippen LogP contribution is 2.21. The van der Waals surface area contributed by atoms with Crippen molar-refractivity contribution < 1.29 is 4.79 Å². The number of amides is 1. The average molecular weight is 380 g/mol. The van der Waals surface area contributed by atoms with Crippen molar-refractivity contribution in [1.82, 2.24) is 20.5 Å². The van der Waals surface area contributed by atoms with Crippen LogP contribution in [0, 0.1) is 0 Å². The van der Waals surface area contributed by atoms with Crippen LogP contribution >= 0.6 is 0 Å². The molecule has 0 radical (unpaired) electrons. The van der Waals surface area contributed by atoms with Crippen molar-refractivity contribution in [2.24, 2.45) is 0 Å².